The van der Waals surface area contributed by atoms with Gasteiger partial charge in [-0.25, -0.2) is 0 Å². The Kier molecular flexibility index (Phi) is 4.71. The number of nitrogens with two attached hydrogens (primary N) is 1. The third-order valence-corrected chi connectivity index (χ3v) is 2.75. The van der Waals surface area contributed by atoms with Crippen molar-refractivity contribution in [3.05, 3.63) is 59.7 Å². The zero-order valence-corrected chi connectivity index (χ0v) is 11.1. The van der Waals surface area contributed by atoms with Gasteiger partial charge in [-0.2, -0.15) is 8.78 Å². The normalized spacial score (nSPS) is 10.4. The average molecular weight is 292 g/mol. The van der Waals surface area contributed by atoms with E-state index in [0.29, 0.717) is 12.2 Å². The molecular weight excluding hydrogens is 278 g/mol. The van der Waals surface area contributed by atoms with Crippen molar-refractivity contribution in [2.24, 2.45) is 0 Å². The van der Waals surface area contributed by atoms with Gasteiger partial charge in [-0.15, -0.1) is 0 Å². The van der Waals surface area contributed by atoms with Gasteiger partial charge in [0, 0.05) is 17.8 Å². The van der Waals surface area contributed by atoms with Gasteiger partial charge in [-0.3, -0.25) is 4.79 Å². The molecule has 0 bridgehead atoms. The second-order valence-electron chi connectivity index (χ2n) is 4.33. The minimum absolute atomic E-state index is 0.0508. The van der Waals surface area contributed by atoms with Crippen molar-refractivity contribution in [1.29, 1.82) is 0 Å². The Morgan fingerprint density at radius 2 is 1.90 bits per heavy atom. The fourth-order valence-electron chi connectivity index (χ4n) is 1.73. The molecule has 1 amide bonds. The van der Waals surface area contributed by atoms with Crippen molar-refractivity contribution < 1.29 is 18.3 Å². The van der Waals surface area contributed by atoms with Gasteiger partial charge in [0.05, 0.1) is 0 Å². The van der Waals surface area contributed by atoms with Gasteiger partial charge in [0.15, 0.2) is 0 Å². The summed E-state index contributed by atoms with van der Waals surface area (Å²) in [7, 11) is 0. The van der Waals surface area contributed by atoms with E-state index in [2.05, 4.69) is 10.1 Å². The quantitative estimate of drug-likeness (QED) is 0.833. The lowest BCUT2D eigenvalue weighted by Crippen LogP contribution is -2.22. The first-order chi connectivity index (χ1) is 10.0. The van der Waals surface area contributed by atoms with Gasteiger partial charge >= 0.3 is 6.61 Å². The van der Waals surface area contributed by atoms with E-state index in [9.17, 15) is 13.6 Å². The number of hydrogen-bond acceptors (Lipinski definition) is 3. The highest BCUT2D eigenvalue weighted by Crippen LogP contribution is 2.16. The number of halogens is 2. The van der Waals surface area contributed by atoms with Crippen molar-refractivity contribution in [3.63, 3.8) is 0 Å². The van der Waals surface area contributed by atoms with Crippen LogP contribution >= 0.6 is 0 Å². The number of rotatable bonds is 5. The topological polar surface area (TPSA) is 64.3 Å². The summed E-state index contributed by atoms with van der Waals surface area (Å²) in [6.45, 7) is -2.60. The molecule has 2 aromatic rings. The van der Waals surface area contributed by atoms with Crippen LogP contribution in [0, 0.1) is 0 Å². The molecule has 0 aromatic heterocycles. The molecule has 6 heteroatoms. The van der Waals surface area contributed by atoms with Crippen LogP contribution in [0.3, 0.4) is 0 Å². The van der Waals surface area contributed by atoms with Gasteiger partial charge in [0.1, 0.15) is 5.75 Å². The van der Waals surface area contributed by atoms with Crippen molar-refractivity contribution >= 4 is 11.6 Å². The summed E-state index contributed by atoms with van der Waals surface area (Å²) >= 11 is 0. The zero-order chi connectivity index (χ0) is 15.2. The van der Waals surface area contributed by atoms with Gasteiger partial charge in [-0.05, 0) is 35.9 Å². The molecule has 0 aliphatic heterocycles. The summed E-state index contributed by atoms with van der Waals surface area (Å²) in [5.41, 5.74) is 7.35. The smallest absolute Gasteiger partial charge is 0.387 e. The third kappa shape index (κ3) is 4.45. The average Bonchev–Trinajstić information content (AvgIpc) is 2.46. The Hall–Kier alpha value is -2.63. The Labute approximate surface area is 120 Å². The molecule has 0 aliphatic rings. The van der Waals surface area contributed by atoms with E-state index >= 15 is 0 Å². The number of alkyl halides is 2. The highest BCUT2D eigenvalue weighted by Gasteiger charge is 2.09. The highest BCUT2D eigenvalue weighted by atomic mass is 19.3. The predicted molar refractivity (Wildman–Crippen MR) is 75.1 cm³/mol. The molecule has 3 N–H and O–H groups in total. The Bertz CT molecular complexity index is 615. The van der Waals surface area contributed by atoms with Crippen LogP contribution in [0.5, 0.6) is 5.75 Å². The number of benzene rings is 2. The number of ether oxygens (including phenoxy) is 1. The SMILES string of the molecule is Nc1ccc(CNC(=O)c2cccc(OC(F)F)c2)cc1. The van der Waals surface area contributed by atoms with E-state index < -0.39 is 6.61 Å². The lowest BCUT2D eigenvalue weighted by molar-refractivity contribution is -0.0498. The number of anilines is 1. The van der Waals surface area contributed by atoms with Crippen LogP contribution in [0.15, 0.2) is 48.5 Å². The number of amides is 1. The monoisotopic (exact) mass is 292 g/mol. The zero-order valence-electron chi connectivity index (χ0n) is 11.1. The number of nitrogens with one attached hydrogen (secondary N) is 1. The summed E-state index contributed by atoms with van der Waals surface area (Å²) in [5, 5.41) is 2.69. The first kappa shape index (κ1) is 14.8. The molecule has 0 saturated heterocycles. The van der Waals surface area contributed by atoms with Crippen molar-refractivity contribution in [2.75, 3.05) is 5.73 Å². The summed E-state index contributed by atoms with van der Waals surface area (Å²) in [6.07, 6.45) is 0. The maximum Gasteiger partial charge on any atom is 0.387 e. The molecule has 0 fully saturated rings. The molecule has 0 aliphatic carbocycles. The van der Waals surface area contributed by atoms with Crippen LogP contribution in [-0.2, 0) is 6.54 Å². The molecule has 21 heavy (non-hydrogen) atoms. The highest BCUT2D eigenvalue weighted by molar-refractivity contribution is 5.94. The van der Waals surface area contributed by atoms with Crippen LogP contribution < -0.4 is 15.8 Å². The number of carbonyl (C=O) groups is 1. The molecule has 0 atom stereocenters. The van der Waals surface area contributed by atoms with E-state index in [1.165, 1.54) is 24.3 Å². The number of hydrogen-bond donors (Lipinski definition) is 2. The van der Waals surface area contributed by atoms with Crippen molar-refractivity contribution in [1.82, 2.24) is 5.32 Å². The molecular formula is C15H14F2N2O2. The van der Waals surface area contributed by atoms with E-state index in [1.807, 2.05) is 0 Å². The van der Waals surface area contributed by atoms with Crippen LogP contribution in [-0.4, -0.2) is 12.5 Å². The molecule has 0 saturated carbocycles. The minimum atomic E-state index is -2.92. The van der Waals surface area contributed by atoms with E-state index in [1.54, 1.807) is 24.3 Å². The fraction of sp³-hybridized carbons (Fsp3) is 0.133. The van der Waals surface area contributed by atoms with Gasteiger partial charge in [-0.1, -0.05) is 18.2 Å². The van der Waals surface area contributed by atoms with E-state index in [0.717, 1.165) is 5.56 Å². The molecule has 2 aromatic carbocycles. The minimum Gasteiger partial charge on any atom is -0.435 e. The second kappa shape index (κ2) is 6.69. The molecule has 2 rings (SSSR count). The Morgan fingerprint density at radius 3 is 2.57 bits per heavy atom. The van der Waals surface area contributed by atoms with Crippen molar-refractivity contribution in [2.45, 2.75) is 13.2 Å². The molecule has 4 nitrogen and oxygen atoms in total. The summed E-state index contributed by atoms with van der Waals surface area (Å²) in [5.74, 6) is -0.420. The van der Waals surface area contributed by atoms with Crippen LogP contribution in [0.25, 0.3) is 0 Å². The largest absolute Gasteiger partial charge is 0.435 e. The fourth-order valence-corrected chi connectivity index (χ4v) is 1.73. The van der Waals surface area contributed by atoms with E-state index in [4.69, 9.17) is 5.73 Å². The van der Waals surface area contributed by atoms with E-state index in [-0.39, 0.29) is 17.2 Å². The van der Waals surface area contributed by atoms with Gasteiger partial charge in [0.25, 0.3) is 5.91 Å². The van der Waals surface area contributed by atoms with Crippen LogP contribution in [0.4, 0.5) is 14.5 Å². The Morgan fingerprint density at radius 1 is 1.19 bits per heavy atom. The van der Waals surface area contributed by atoms with Gasteiger partial charge < -0.3 is 15.8 Å². The number of carbonyl (C=O) groups excluding carboxylic acids is 1. The Balaban J connectivity index is 1.98. The molecule has 0 heterocycles. The lowest BCUT2D eigenvalue weighted by Gasteiger charge is -2.08. The standard InChI is InChI=1S/C15H14F2N2O2/c16-15(17)21-13-3-1-2-11(8-13)14(20)19-9-10-4-6-12(18)7-5-10/h1-8,15H,9,18H2,(H,19,20). The first-order valence-corrected chi connectivity index (χ1v) is 6.22. The lowest BCUT2D eigenvalue weighted by atomic mass is 10.1. The van der Waals surface area contributed by atoms with Crippen LogP contribution in [0.2, 0.25) is 0 Å². The molecule has 0 radical (unpaired) electrons. The summed E-state index contributed by atoms with van der Waals surface area (Å²) in [4.78, 5) is 11.9. The second-order valence-corrected chi connectivity index (χ2v) is 4.33. The molecule has 0 spiro atoms. The maximum absolute atomic E-state index is 12.1. The predicted octanol–water partition coefficient (Wildman–Crippen LogP) is 2.80. The number of nitrogen functional groups attached to an aromatic ring is 1. The molecule has 0 unspecified atom stereocenters. The van der Waals surface area contributed by atoms with Crippen LogP contribution in [0.1, 0.15) is 15.9 Å². The summed E-state index contributed by atoms with van der Waals surface area (Å²) in [6, 6.07) is 12.7. The maximum atomic E-state index is 12.1. The summed E-state index contributed by atoms with van der Waals surface area (Å²) < 4.78 is 28.5. The third-order valence-electron chi connectivity index (χ3n) is 2.75. The molecule has 110 valence electrons. The first-order valence-electron chi connectivity index (χ1n) is 6.22. The van der Waals surface area contributed by atoms with Gasteiger partial charge in [0.2, 0.25) is 0 Å². The van der Waals surface area contributed by atoms with Crippen molar-refractivity contribution in [3.8, 4) is 5.75 Å².